The van der Waals surface area contributed by atoms with Crippen LogP contribution in [-0.4, -0.2) is 16.9 Å². The molecular weight excluding hydrogens is 346 g/mol. The third-order valence-corrected chi connectivity index (χ3v) is 3.28. The van der Waals surface area contributed by atoms with E-state index in [-0.39, 0.29) is 5.11 Å². The van der Waals surface area contributed by atoms with Crippen molar-refractivity contribution < 1.29 is 9.59 Å². The summed E-state index contributed by atoms with van der Waals surface area (Å²) in [6.07, 6.45) is 3.00. The summed E-state index contributed by atoms with van der Waals surface area (Å²) < 4.78 is 0. The molecule has 122 valence electrons. The maximum atomic E-state index is 11.9. The molecule has 0 aromatic heterocycles. The summed E-state index contributed by atoms with van der Waals surface area (Å²) in [5, 5.41) is 2.85. The lowest BCUT2D eigenvalue weighted by Crippen LogP contribution is -2.48. The molecule has 2 rings (SSSR count). The Morgan fingerprint density at radius 1 is 1.00 bits per heavy atom. The molecule has 0 saturated carbocycles. The van der Waals surface area contributed by atoms with Gasteiger partial charge in [0.2, 0.25) is 5.91 Å². The lowest BCUT2D eigenvalue weighted by molar-refractivity contribution is -0.115. The van der Waals surface area contributed by atoms with Gasteiger partial charge in [0.1, 0.15) is 0 Å². The van der Waals surface area contributed by atoms with Crippen molar-refractivity contribution in [2.45, 2.75) is 0 Å². The van der Waals surface area contributed by atoms with Crippen LogP contribution in [0.15, 0.2) is 60.7 Å². The van der Waals surface area contributed by atoms with Crippen molar-refractivity contribution in [1.82, 2.24) is 16.2 Å². The third-order valence-electron chi connectivity index (χ3n) is 2.84. The van der Waals surface area contributed by atoms with E-state index in [1.54, 1.807) is 24.3 Å². The van der Waals surface area contributed by atoms with Gasteiger partial charge < -0.3 is 0 Å². The molecule has 0 bridgehead atoms. The second-order valence-electron chi connectivity index (χ2n) is 4.65. The monoisotopic (exact) mass is 359 g/mol. The Hall–Kier alpha value is -2.70. The lowest BCUT2D eigenvalue weighted by Gasteiger charge is -2.09. The van der Waals surface area contributed by atoms with Gasteiger partial charge in [-0.25, -0.2) is 0 Å². The van der Waals surface area contributed by atoms with E-state index >= 15 is 0 Å². The number of carbonyl (C=O) groups is 2. The molecular formula is C17H14ClN3O2S. The Kier molecular flexibility index (Phi) is 6.48. The molecule has 0 heterocycles. The molecule has 24 heavy (non-hydrogen) atoms. The minimum absolute atomic E-state index is 0.0203. The van der Waals surface area contributed by atoms with Crippen LogP contribution in [0, 0.1) is 0 Å². The molecule has 2 aromatic carbocycles. The lowest BCUT2D eigenvalue weighted by atomic mass is 10.2. The molecule has 0 radical (unpaired) electrons. The first-order chi connectivity index (χ1) is 11.5. The molecule has 0 spiro atoms. The molecule has 2 aromatic rings. The van der Waals surface area contributed by atoms with Crippen LogP contribution in [0.1, 0.15) is 15.9 Å². The van der Waals surface area contributed by atoms with Crippen LogP contribution >= 0.6 is 23.8 Å². The summed E-state index contributed by atoms with van der Waals surface area (Å²) in [6, 6.07) is 15.8. The van der Waals surface area contributed by atoms with Gasteiger partial charge in [0.05, 0.1) is 0 Å². The number of carbonyl (C=O) groups excluding carboxylic acids is 2. The molecule has 0 saturated heterocycles. The number of hydrogen-bond acceptors (Lipinski definition) is 3. The van der Waals surface area contributed by atoms with Crippen LogP contribution in [-0.2, 0) is 4.79 Å². The van der Waals surface area contributed by atoms with Crippen molar-refractivity contribution in [3.8, 4) is 0 Å². The van der Waals surface area contributed by atoms with Gasteiger partial charge in [-0.2, -0.15) is 0 Å². The number of rotatable bonds is 3. The van der Waals surface area contributed by atoms with E-state index in [1.165, 1.54) is 12.1 Å². The van der Waals surface area contributed by atoms with Crippen LogP contribution in [0.2, 0.25) is 5.02 Å². The zero-order valence-corrected chi connectivity index (χ0v) is 14.0. The number of thiocarbonyl (C=S) groups is 1. The molecule has 0 atom stereocenters. The van der Waals surface area contributed by atoms with E-state index in [1.807, 2.05) is 30.3 Å². The highest BCUT2D eigenvalue weighted by Crippen LogP contribution is 2.10. The van der Waals surface area contributed by atoms with Gasteiger partial charge in [0.25, 0.3) is 5.91 Å². The second-order valence-corrected chi connectivity index (χ2v) is 5.50. The minimum atomic E-state index is -0.422. The first-order valence-corrected chi connectivity index (χ1v) is 7.73. The molecule has 5 nitrogen and oxygen atoms in total. The first kappa shape index (κ1) is 17.7. The van der Waals surface area contributed by atoms with Crippen molar-refractivity contribution in [1.29, 1.82) is 0 Å². The molecule has 0 unspecified atom stereocenters. The van der Waals surface area contributed by atoms with Gasteiger partial charge in [0, 0.05) is 16.7 Å². The average molecular weight is 360 g/mol. The highest BCUT2D eigenvalue weighted by Gasteiger charge is 2.07. The van der Waals surface area contributed by atoms with Crippen molar-refractivity contribution in [3.63, 3.8) is 0 Å². The number of hydrogen-bond donors (Lipinski definition) is 3. The summed E-state index contributed by atoms with van der Waals surface area (Å²) >= 11 is 10.8. The number of hydrazine groups is 1. The van der Waals surface area contributed by atoms with Crippen molar-refractivity contribution in [2.24, 2.45) is 0 Å². The number of nitrogens with one attached hydrogen (secondary N) is 3. The summed E-state index contributed by atoms with van der Waals surface area (Å²) in [6.45, 7) is 0. The molecule has 0 fully saturated rings. The molecule has 0 aliphatic carbocycles. The summed E-state index contributed by atoms with van der Waals surface area (Å²) in [4.78, 5) is 23.6. The Labute approximate surface area is 149 Å². The summed E-state index contributed by atoms with van der Waals surface area (Å²) in [7, 11) is 0. The van der Waals surface area contributed by atoms with Gasteiger partial charge in [-0.05, 0) is 42.1 Å². The Morgan fingerprint density at radius 3 is 2.46 bits per heavy atom. The SMILES string of the molecule is O=C(C=Cc1ccccc1)NC(=S)NNC(=O)c1cccc(Cl)c1. The highest BCUT2D eigenvalue weighted by molar-refractivity contribution is 7.80. The van der Waals surface area contributed by atoms with Crippen LogP contribution in [0.25, 0.3) is 6.08 Å². The van der Waals surface area contributed by atoms with Crippen molar-refractivity contribution >= 4 is 46.8 Å². The summed E-state index contributed by atoms with van der Waals surface area (Å²) in [5.74, 6) is -0.831. The zero-order chi connectivity index (χ0) is 17.4. The van der Waals surface area contributed by atoms with Crippen molar-refractivity contribution in [2.75, 3.05) is 0 Å². The molecule has 2 amide bonds. The smallest absolute Gasteiger partial charge is 0.269 e. The van der Waals surface area contributed by atoms with E-state index in [0.717, 1.165) is 5.56 Å². The fourth-order valence-corrected chi connectivity index (χ4v) is 2.08. The maximum Gasteiger partial charge on any atom is 0.269 e. The number of amides is 2. The fourth-order valence-electron chi connectivity index (χ4n) is 1.74. The van der Waals surface area contributed by atoms with Gasteiger partial charge in [-0.1, -0.05) is 48.0 Å². The molecule has 3 N–H and O–H groups in total. The van der Waals surface area contributed by atoms with Crippen LogP contribution in [0.4, 0.5) is 0 Å². The first-order valence-electron chi connectivity index (χ1n) is 6.94. The normalized spacial score (nSPS) is 10.2. The van der Waals surface area contributed by atoms with E-state index in [9.17, 15) is 9.59 Å². The second kappa shape index (κ2) is 8.81. The predicted octanol–water partition coefficient (Wildman–Crippen LogP) is 2.69. The average Bonchev–Trinajstić information content (AvgIpc) is 2.59. The number of halogens is 1. The Morgan fingerprint density at radius 2 is 1.75 bits per heavy atom. The van der Waals surface area contributed by atoms with E-state index in [0.29, 0.717) is 10.6 Å². The third kappa shape index (κ3) is 5.83. The zero-order valence-electron chi connectivity index (χ0n) is 12.5. The topological polar surface area (TPSA) is 70.2 Å². The van der Waals surface area contributed by atoms with E-state index < -0.39 is 11.8 Å². The van der Waals surface area contributed by atoms with Crippen LogP contribution in [0.3, 0.4) is 0 Å². The van der Waals surface area contributed by atoms with E-state index in [4.69, 9.17) is 23.8 Å². The summed E-state index contributed by atoms with van der Waals surface area (Å²) in [5.41, 5.74) is 6.09. The van der Waals surface area contributed by atoms with Gasteiger partial charge in [0.15, 0.2) is 5.11 Å². The maximum absolute atomic E-state index is 11.9. The Balaban J connectivity index is 1.79. The Bertz CT molecular complexity index is 778. The standard InChI is InChI=1S/C17H14ClN3O2S/c18-14-8-4-7-13(11-14)16(23)20-21-17(24)19-15(22)10-9-12-5-2-1-3-6-12/h1-11H,(H,20,23)(H2,19,21,22,24). The highest BCUT2D eigenvalue weighted by atomic mass is 35.5. The fraction of sp³-hybridized carbons (Fsp3) is 0. The van der Waals surface area contributed by atoms with Gasteiger partial charge in [-0.3, -0.25) is 25.8 Å². The number of benzene rings is 2. The van der Waals surface area contributed by atoms with Gasteiger partial charge in [-0.15, -0.1) is 0 Å². The van der Waals surface area contributed by atoms with Gasteiger partial charge >= 0.3 is 0 Å². The minimum Gasteiger partial charge on any atom is -0.298 e. The molecule has 7 heteroatoms. The van der Waals surface area contributed by atoms with Crippen LogP contribution in [0.5, 0.6) is 0 Å². The largest absolute Gasteiger partial charge is 0.298 e. The van der Waals surface area contributed by atoms with E-state index in [2.05, 4.69) is 16.2 Å². The molecule has 0 aliphatic rings. The quantitative estimate of drug-likeness (QED) is 0.447. The van der Waals surface area contributed by atoms with Crippen LogP contribution < -0.4 is 16.2 Å². The molecule has 0 aliphatic heterocycles. The predicted molar refractivity (Wildman–Crippen MR) is 98.3 cm³/mol. The van der Waals surface area contributed by atoms with Crippen molar-refractivity contribution in [3.05, 3.63) is 76.8 Å².